The van der Waals surface area contributed by atoms with Crippen molar-refractivity contribution in [2.24, 2.45) is 21.8 Å². The van der Waals surface area contributed by atoms with Crippen molar-refractivity contribution in [2.45, 2.75) is 54.4 Å². The highest BCUT2D eigenvalue weighted by atomic mass is 16.5. The lowest BCUT2D eigenvalue weighted by molar-refractivity contribution is -0.133. The monoisotopic (exact) mass is 715 g/mol. The van der Waals surface area contributed by atoms with E-state index in [2.05, 4.69) is 68.1 Å². The molecule has 0 aliphatic carbocycles. The first-order chi connectivity index (χ1) is 24.6. The minimum absolute atomic E-state index is 0.0632. The fourth-order valence-corrected chi connectivity index (χ4v) is 5.71. The van der Waals surface area contributed by atoms with Crippen LogP contribution < -0.4 is 16.0 Å². The Morgan fingerprint density at radius 1 is 0.902 bits per heavy atom. The number of hydrogen-bond donors (Lipinski definition) is 2. The lowest BCUT2D eigenvalue weighted by Crippen LogP contribution is -2.37. The molecule has 0 bridgehead atoms. The predicted octanol–water partition coefficient (Wildman–Crippen LogP) is 3.44. The molecular weight excluding hydrogens is 650 g/mol. The summed E-state index contributed by atoms with van der Waals surface area (Å²) in [5.41, 5.74) is 7.44. The summed E-state index contributed by atoms with van der Waals surface area (Å²) < 4.78 is 32.6. The lowest BCUT2D eigenvalue weighted by atomic mass is 9.84. The number of carbonyl (C=O) groups excluding carboxylic acids is 1. The summed E-state index contributed by atoms with van der Waals surface area (Å²) in [6.45, 7) is 18.4. The van der Waals surface area contributed by atoms with Crippen LogP contribution >= 0.6 is 0 Å². The van der Waals surface area contributed by atoms with Crippen molar-refractivity contribution < 1.29 is 33.2 Å². The number of H-pyrrole nitrogens is 1. The zero-order valence-corrected chi connectivity index (χ0v) is 33.0. The molecule has 288 valence electrons. The van der Waals surface area contributed by atoms with Crippen molar-refractivity contribution in [3.05, 3.63) is 45.4 Å². The highest BCUT2D eigenvalue weighted by Crippen LogP contribution is 2.37. The standard InChI is InChI=1S/C39H65N5O7/c1-28(2)34(41-8)27-37-31(5)33(39(43-37)32(6)36-25-29(3)35(42-36)26-30(4)40-7)11-12-38(45)44(13-15-48-21-23-50-19-17-46-9)14-16-49-22-24-51-20-18-47-10/h25-27,31,33,41-42H,11-24H2,1-10H3/b35-26-,36-32-,37-27-,40-30?/t31-,33-/m0/s1. The van der Waals surface area contributed by atoms with Crippen LogP contribution in [-0.2, 0) is 33.2 Å². The average Bonchev–Trinajstić information content (AvgIpc) is 3.64. The number of likely N-dealkylation sites (N-methyl/N-ethyl adjacent to an activating group) is 1. The molecule has 12 heteroatoms. The van der Waals surface area contributed by atoms with Crippen molar-refractivity contribution in [1.29, 1.82) is 0 Å². The lowest BCUT2D eigenvalue weighted by Gasteiger charge is -2.25. The van der Waals surface area contributed by atoms with Gasteiger partial charge in [-0.15, -0.1) is 0 Å². The Bertz CT molecular complexity index is 1420. The van der Waals surface area contributed by atoms with Crippen LogP contribution in [0.5, 0.6) is 0 Å². The number of methoxy groups -OCH3 is 2. The number of ether oxygens (including phenoxy) is 6. The molecule has 51 heavy (non-hydrogen) atoms. The maximum atomic E-state index is 13.8. The van der Waals surface area contributed by atoms with Gasteiger partial charge in [0.1, 0.15) is 0 Å². The van der Waals surface area contributed by atoms with E-state index in [1.807, 2.05) is 18.9 Å². The molecule has 2 rings (SSSR count). The fraction of sp³-hybridized carbons (Fsp3) is 0.667. The van der Waals surface area contributed by atoms with Crippen molar-refractivity contribution >= 4 is 29.0 Å². The van der Waals surface area contributed by atoms with Gasteiger partial charge < -0.3 is 43.6 Å². The number of aliphatic imine (C=N–C) groups is 2. The number of aromatic amines is 1. The highest BCUT2D eigenvalue weighted by Gasteiger charge is 2.34. The molecule has 1 aliphatic heterocycles. The Kier molecular flexibility index (Phi) is 21.5. The maximum absolute atomic E-state index is 13.8. The average molecular weight is 716 g/mol. The summed E-state index contributed by atoms with van der Waals surface area (Å²) in [4.78, 5) is 28.8. The van der Waals surface area contributed by atoms with Crippen LogP contribution in [0.4, 0.5) is 0 Å². The topological polar surface area (TPSA) is 128 Å². The number of aromatic nitrogens is 1. The number of nitrogens with one attached hydrogen (secondary N) is 2. The molecule has 0 spiro atoms. The van der Waals surface area contributed by atoms with Crippen molar-refractivity contribution in [3.8, 4) is 0 Å². The third kappa shape index (κ3) is 15.6. The number of hydrogen-bond acceptors (Lipinski definition) is 10. The zero-order valence-electron chi connectivity index (χ0n) is 33.0. The second-order valence-corrected chi connectivity index (χ2v) is 12.9. The summed E-state index contributed by atoms with van der Waals surface area (Å²) in [5, 5.41) is 5.37. The van der Waals surface area contributed by atoms with Gasteiger partial charge in [-0.25, -0.2) is 0 Å². The van der Waals surface area contributed by atoms with Crippen LogP contribution in [0.1, 0.15) is 53.0 Å². The number of aryl methyl sites for hydroxylation is 1. The molecule has 1 amide bonds. The Morgan fingerprint density at radius 2 is 1.45 bits per heavy atom. The third-order valence-corrected chi connectivity index (χ3v) is 8.96. The van der Waals surface area contributed by atoms with Crippen LogP contribution in [0.25, 0.3) is 11.6 Å². The molecule has 2 atom stereocenters. The Hall–Kier alpha value is -3.13. The summed E-state index contributed by atoms with van der Waals surface area (Å²) >= 11 is 0. The van der Waals surface area contributed by atoms with Gasteiger partial charge >= 0.3 is 0 Å². The van der Waals surface area contributed by atoms with Gasteiger partial charge in [-0.2, -0.15) is 0 Å². The van der Waals surface area contributed by atoms with Gasteiger partial charge in [0.25, 0.3) is 0 Å². The molecule has 0 aromatic carbocycles. The third-order valence-electron chi connectivity index (χ3n) is 8.96. The van der Waals surface area contributed by atoms with Gasteiger partial charge in [0.05, 0.1) is 66.1 Å². The second kappa shape index (κ2) is 24.9. The molecule has 2 N–H and O–H groups in total. The molecule has 1 aromatic rings. The number of nitrogens with zero attached hydrogens (tertiary/aromatic N) is 3. The van der Waals surface area contributed by atoms with Crippen LogP contribution in [0.15, 0.2) is 39.1 Å². The van der Waals surface area contributed by atoms with Gasteiger partial charge in [0, 0.05) is 93.2 Å². The van der Waals surface area contributed by atoms with Gasteiger partial charge in [-0.05, 0) is 70.4 Å². The highest BCUT2D eigenvalue weighted by molar-refractivity contribution is 6.20. The van der Waals surface area contributed by atoms with Gasteiger partial charge in [0.2, 0.25) is 5.91 Å². The maximum Gasteiger partial charge on any atom is 0.222 e. The predicted molar refractivity (Wildman–Crippen MR) is 206 cm³/mol. The number of carbonyl (C=O) groups is 1. The summed E-state index contributed by atoms with van der Waals surface area (Å²) in [5.74, 6) is 0.255. The minimum atomic E-state index is 0.0632. The van der Waals surface area contributed by atoms with E-state index in [9.17, 15) is 4.79 Å². The van der Waals surface area contributed by atoms with Gasteiger partial charge in [0.15, 0.2) is 0 Å². The normalized spacial score (nSPS) is 18.0. The SMILES string of the molecule is CN=C(C)/C=c1\[nH]/c(=C(/C)C2=N/C(=C\C(NC)=C(C)C)[C@@H](C)[C@@H]2CCC(=O)N(CCOCCOCCOC)CCOCCOCCOC)cc1C. The molecule has 1 aromatic heterocycles. The first-order valence-electron chi connectivity index (χ1n) is 18.1. The summed E-state index contributed by atoms with van der Waals surface area (Å²) in [6.07, 6.45) is 5.25. The Morgan fingerprint density at radius 3 is 1.96 bits per heavy atom. The quantitative estimate of drug-likeness (QED) is 0.117. The number of rotatable bonds is 25. The zero-order chi connectivity index (χ0) is 37.6. The fourth-order valence-electron chi connectivity index (χ4n) is 5.71. The first-order valence-corrected chi connectivity index (χ1v) is 18.1. The van der Waals surface area contributed by atoms with Crippen molar-refractivity contribution in [1.82, 2.24) is 15.2 Å². The molecule has 1 aliphatic rings. The Balaban J connectivity index is 2.26. The van der Waals surface area contributed by atoms with E-state index in [-0.39, 0.29) is 17.7 Å². The van der Waals surface area contributed by atoms with Crippen LogP contribution in [0.3, 0.4) is 0 Å². The first kappa shape index (κ1) is 44.0. The molecule has 0 fully saturated rings. The molecule has 0 unspecified atom stereocenters. The largest absolute Gasteiger partial charge is 0.388 e. The van der Waals surface area contributed by atoms with Crippen molar-refractivity contribution in [2.75, 3.05) is 107 Å². The van der Waals surface area contributed by atoms with Crippen LogP contribution in [0.2, 0.25) is 0 Å². The van der Waals surface area contributed by atoms with E-state index >= 15 is 0 Å². The molecule has 0 saturated heterocycles. The van der Waals surface area contributed by atoms with Crippen LogP contribution in [-0.4, -0.2) is 135 Å². The van der Waals surface area contributed by atoms with E-state index in [4.69, 9.17) is 33.4 Å². The summed E-state index contributed by atoms with van der Waals surface area (Å²) in [6, 6.07) is 2.17. The van der Waals surface area contributed by atoms with Gasteiger partial charge in [-0.1, -0.05) is 12.5 Å². The molecule has 2 heterocycles. The number of allylic oxidation sites excluding steroid dienone is 3. The minimum Gasteiger partial charge on any atom is -0.388 e. The van der Waals surface area contributed by atoms with Gasteiger partial charge in [-0.3, -0.25) is 14.8 Å². The molecule has 0 saturated carbocycles. The van der Waals surface area contributed by atoms with Crippen molar-refractivity contribution in [3.63, 3.8) is 0 Å². The van der Waals surface area contributed by atoms with E-state index < -0.39 is 0 Å². The van der Waals surface area contributed by atoms with E-state index in [0.717, 1.165) is 44.7 Å². The van der Waals surface area contributed by atoms with E-state index in [1.165, 1.54) is 5.57 Å². The molecule has 0 radical (unpaired) electrons. The number of amides is 1. The Labute approximate surface area is 306 Å². The summed E-state index contributed by atoms with van der Waals surface area (Å²) in [7, 11) is 7.02. The second-order valence-electron chi connectivity index (χ2n) is 12.9. The van der Waals surface area contributed by atoms with E-state index in [0.29, 0.717) is 92.0 Å². The molecular formula is C39H65N5O7. The van der Waals surface area contributed by atoms with Crippen LogP contribution in [0, 0.1) is 18.8 Å². The molecule has 12 nitrogen and oxygen atoms in total. The van der Waals surface area contributed by atoms with E-state index in [1.54, 1.807) is 21.3 Å². The smallest absolute Gasteiger partial charge is 0.222 e.